The summed E-state index contributed by atoms with van der Waals surface area (Å²) in [5.41, 5.74) is 3.67. The number of carboxylic acids is 1. The molecule has 2 aromatic carbocycles. The Morgan fingerprint density at radius 1 is 1.23 bits per heavy atom. The van der Waals surface area contributed by atoms with Crippen LogP contribution in [0.2, 0.25) is 0 Å². The van der Waals surface area contributed by atoms with Crippen molar-refractivity contribution in [2.75, 3.05) is 26.0 Å². The van der Waals surface area contributed by atoms with Gasteiger partial charge < -0.3 is 30.1 Å². The molecule has 5 rings (SSSR count). The predicted octanol–water partition coefficient (Wildman–Crippen LogP) is 3.91. The fourth-order valence-corrected chi connectivity index (χ4v) is 5.74. The van der Waals surface area contributed by atoms with Crippen LogP contribution in [0.15, 0.2) is 48.6 Å². The monoisotopic (exact) mass is 477 g/mol. The normalized spacial score (nSPS) is 26.7. The Morgan fingerprint density at radius 3 is 2.71 bits per heavy atom. The van der Waals surface area contributed by atoms with Gasteiger partial charge in [0.25, 0.3) is 0 Å². The van der Waals surface area contributed by atoms with Crippen molar-refractivity contribution in [1.29, 1.82) is 0 Å². The second-order valence-electron chi connectivity index (χ2n) is 9.88. The fourth-order valence-electron chi connectivity index (χ4n) is 5.74. The Morgan fingerprint density at radius 2 is 2.00 bits per heavy atom. The summed E-state index contributed by atoms with van der Waals surface area (Å²) < 4.78 is 12.5. The number of carbonyl (C=O) groups excluding carboxylic acids is 1. The van der Waals surface area contributed by atoms with Gasteiger partial charge in [0, 0.05) is 32.1 Å². The summed E-state index contributed by atoms with van der Waals surface area (Å²) in [7, 11) is 4.05. The standard InChI is InChI=1S/C27H31N3O5/c1-26-14-20(34-25(33)29-15-17-4-6-18(7-5-17)24(31)32)10-11-27(26)12-13-30(3)16-19-8-9-21(28-2)23(35-26)22(19)27/h4-11,20,28H,12-16H2,1-3H3,(H,29,33)(H,31,32). The van der Waals surface area contributed by atoms with Crippen molar-refractivity contribution in [3.05, 3.63) is 70.8 Å². The van der Waals surface area contributed by atoms with Gasteiger partial charge in [-0.2, -0.15) is 0 Å². The molecule has 0 saturated heterocycles. The van der Waals surface area contributed by atoms with Crippen molar-refractivity contribution in [3.63, 3.8) is 0 Å². The highest BCUT2D eigenvalue weighted by atomic mass is 16.6. The molecule has 1 spiro atoms. The minimum atomic E-state index is -0.982. The molecule has 2 aromatic rings. The molecule has 2 heterocycles. The van der Waals surface area contributed by atoms with E-state index < -0.39 is 23.8 Å². The van der Waals surface area contributed by atoms with Crippen LogP contribution in [-0.2, 0) is 23.2 Å². The number of anilines is 1. The summed E-state index contributed by atoms with van der Waals surface area (Å²) in [6, 6.07) is 10.7. The Bertz CT molecular complexity index is 1190. The molecule has 2 aliphatic heterocycles. The van der Waals surface area contributed by atoms with Crippen LogP contribution in [0.5, 0.6) is 5.75 Å². The van der Waals surface area contributed by atoms with Crippen LogP contribution in [0, 0.1) is 0 Å². The lowest BCUT2D eigenvalue weighted by atomic mass is 9.62. The highest BCUT2D eigenvalue weighted by Gasteiger charge is 2.60. The van der Waals surface area contributed by atoms with E-state index in [0.29, 0.717) is 6.42 Å². The quantitative estimate of drug-likeness (QED) is 0.562. The molecule has 35 heavy (non-hydrogen) atoms. The lowest BCUT2D eigenvalue weighted by Gasteiger charge is -2.44. The summed E-state index contributed by atoms with van der Waals surface area (Å²) in [4.78, 5) is 25.9. The number of carboxylic acid groups (broad SMARTS) is 1. The van der Waals surface area contributed by atoms with E-state index >= 15 is 0 Å². The number of hydrogen-bond donors (Lipinski definition) is 3. The minimum absolute atomic E-state index is 0.206. The molecule has 0 radical (unpaired) electrons. The Kier molecular flexibility index (Phi) is 5.71. The van der Waals surface area contributed by atoms with E-state index in [-0.39, 0.29) is 17.5 Å². The average molecular weight is 478 g/mol. The zero-order valence-electron chi connectivity index (χ0n) is 20.3. The van der Waals surface area contributed by atoms with E-state index in [0.717, 1.165) is 36.5 Å². The predicted molar refractivity (Wildman–Crippen MR) is 132 cm³/mol. The van der Waals surface area contributed by atoms with Crippen molar-refractivity contribution in [3.8, 4) is 5.75 Å². The molecule has 8 nitrogen and oxygen atoms in total. The van der Waals surface area contributed by atoms with Crippen molar-refractivity contribution in [2.45, 2.75) is 50.0 Å². The maximum Gasteiger partial charge on any atom is 0.407 e. The third-order valence-electron chi connectivity index (χ3n) is 7.64. The molecule has 184 valence electrons. The first-order chi connectivity index (χ1) is 16.7. The van der Waals surface area contributed by atoms with Crippen molar-refractivity contribution in [1.82, 2.24) is 10.2 Å². The van der Waals surface area contributed by atoms with Gasteiger partial charge in [-0.25, -0.2) is 9.59 Å². The minimum Gasteiger partial charge on any atom is -0.484 e. The first-order valence-electron chi connectivity index (χ1n) is 11.9. The van der Waals surface area contributed by atoms with Gasteiger partial charge >= 0.3 is 12.1 Å². The largest absolute Gasteiger partial charge is 0.484 e. The number of amides is 1. The van der Waals surface area contributed by atoms with E-state index in [2.05, 4.69) is 47.7 Å². The lowest BCUT2D eigenvalue weighted by Crippen LogP contribution is -2.53. The number of benzene rings is 2. The van der Waals surface area contributed by atoms with Crippen LogP contribution in [0.3, 0.4) is 0 Å². The topological polar surface area (TPSA) is 100 Å². The number of rotatable bonds is 5. The molecule has 0 saturated carbocycles. The Labute approximate surface area is 204 Å². The smallest absolute Gasteiger partial charge is 0.407 e. The Hall–Kier alpha value is -3.52. The maximum absolute atomic E-state index is 12.6. The fraction of sp³-hybridized carbons (Fsp3) is 0.407. The molecule has 3 atom stereocenters. The van der Waals surface area contributed by atoms with E-state index in [9.17, 15) is 9.59 Å². The number of alkyl carbamates (subject to hydrolysis) is 1. The van der Waals surface area contributed by atoms with Crippen LogP contribution in [0.25, 0.3) is 0 Å². The molecular weight excluding hydrogens is 446 g/mol. The maximum atomic E-state index is 12.6. The molecule has 1 aliphatic carbocycles. The summed E-state index contributed by atoms with van der Waals surface area (Å²) in [5, 5.41) is 15.1. The molecule has 3 unspecified atom stereocenters. The molecule has 0 fully saturated rings. The zero-order valence-corrected chi connectivity index (χ0v) is 20.3. The highest BCUT2D eigenvalue weighted by molar-refractivity contribution is 5.87. The van der Waals surface area contributed by atoms with Gasteiger partial charge in [-0.3, -0.25) is 0 Å². The zero-order chi connectivity index (χ0) is 24.8. The van der Waals surface area contributed by atoms with Gasteiger partial charge in [0.15, 0.2) is 0 Å². The summed E-state index contributed by atoms with van der Waals surface area (Å²) in [5.74, 6) is -0.0767. The van der Waals surface area contributed by atoms with E-state index in [1.165, 1.54) is 23.3 Å². The second-order valence-corrected chi connectivity index (χ2v) is 9.88. The van der Waals surface area contributed by atoms with Gasteiger partial charge in [-0.1, -0.05) is 24.3 Å². The third kappa shape index (κ3) is 3.91. The average Bonchev–Trinajstić information content (AvgIpc) is 3.00. The van der Waals surface area contributed by atoms with Gasteiger partial charge in [0.1, 0.15) is 17.5 Å². The SMILES string of the molecule is CNc1ccc2c3c1OC1(C)CC(OC(=O)NCc4ccc(C(=O)O)cc4)C=CC31CCN(C)C2. The molecular formula is C27H31N3O5. The third-order valence-corrected chi connectivity index (χ3v) is 7.64. The number of aromatic carboxylic acids is 1. The molecule has 0 bridgehead atoms. The molecule has 3 aliphatic rings. The molecule has 8 heteroatoms. The van der Waals surface area contributed by atoms with Crippen molar-refractivity contribution >= 4 is 17.7 Å². The second kappa shape index (κ2) is 8.61. The first kappa shape index (κ1) is 23.2. The highest BCUT2D eigenvalue weighted by Crippen LogP contribution is 2.60. The van der Waals surface area contributed by atoms with Gasteiger partial charge in [-0.05, 0) is 62.3 Å². The molecule has 1 amide bonds. The lowest BCUT2D eigenvalue weighted by molar-refractivity contribution is -0.00588. The van der Waals surface area contributed by atoms with Crippen LogP contribution < -0.4 is 15.4 Å². The van der Waals surface area contributed by atoms with Crippen LogP contribution >= 0.6 is 0 Å². The van der Waals surface area contributed by atoms with Crippen LogP contribution in [0.4, 0.5) is 10.5 Å². The number of nitrogens with one attached hydrogen (secondary N) is 2. The van der Waals surface area contributed by atoms with Gasteiger partial charge in [0.2, 0.25) is 0 Å². The number of carbonyl (C=O) groups is 2. The first-order valence-corrected chi connectivity index (χ1v) is 11.9. The van der Waals surface area contributed by atoms with E-state index in [1.807, 2.05) is 13.1 Å². The van der Waals surface area contributed by atoms with Crippen molar-refractivity contribution in [2.24, 2.45) is 0 Å². The molecule has 3 N–H and O–H groups in total. The van der Waals surface area contributed by atoms with Crippen LogP contribution in [0.1, 0.15) is 46.8 Å². The van der Waals surface area contributed by atoms with E-state index in [4.69, 9.17) is 14.6 Å². The molecule has 0 aromatic heterocycles. The van der Waals surface area contributed by atoms with Gasteiger partial charge in [-0.15, -0.1) is 0 Å². The van der Waals surface area contributed by atoms with E-state index in [1.54, 1.807) is 12.1 Å². The summed E-state index contributed by atoms with van der Waals surface area (Å²) >= 11 is 0. The van der Waals surface area contributed by atoms with Gasteiger partial charge in [0.05, 0.1) is 16.7 Å². The Balaban J connectivity index is 1.33. The van der Waals surface area contributed by atoms with Crippen LogP contribution in [-0.4, -0.2) is 54.4 Å². The number of ether oxygens (including phenoxy) is 2. The van der Waals surface area contributed by atoms with Crippen molar-refractivity contribution < 1.29 is 24.2 Å². The number of hydrogen-bond acceptors (Lipinski definition) is 6. The summed E-state index contributed by atoms with van der Waals surface area (Å²) in [6.45, 7) is 4.19. The number of nitrogens with zero attached hydrogens (tertiary/aromatic N) is 1. The summed E-state index contributed by atoms with van der Waals surface area (Å²) in [6.07, 6.45) is 4.74.